The molecule has 0 aliphatic heterocycles. The first-order chi connectivity index (χ1) is 7.99. The van der Waals surface area contributed by atoms with Crippen molar-refractivity contribution in [1.82, 2.24) is 4.72 Å². The number of sulfonamides is 1. The van der Waals surface area contributed by atoms with E-state index in [9.17, 15) is 8.42 Å². The second-order valence-corrected chi connectivity index (χ2v) is 6.46. The third kappa shape index (κ3) is 9.14. The molecule has 0 radical (unpaired) electrons. The van der Waals surface area contributed by atoms with Crippen LogP contribution in [0.5, 0.6) is 0 Å². The van der Waals surface area contributed by atoms with Gasteiger partial charge in [-0.15, -0.1) is 12.4 Å². The van der Waals surface area contributed by atoms with Crippen molar-refractivity contribution in [2.24, 2.45) is 11.7 Å². The summed E-state index contributed by atoms with van der Waals surface area (Å²) in [6.45, 7) is 6.52. The molecule has 0 aromatic heterocycles. The Labute approximate surface area is 119 Å². The molecule has 3 N–H and O–H groups in total. The van der Waals surface area contributed by atoms with Crippen molar-refractivity contribution in [2.75, 3.05) is 12.3 Å². The number of halogens is 1. The highest BCUT2D eigenvalue weighted by Gasteiger charge is 2.19. The Bertz CT molecular complexity index is 280. The fourth-order valence-electron chi connectivity index (χ4n) is 1.81. The van der Waals surface area contributed by atoms with Gasteiger partial charge in [0.1, 0.15) is 0 Å². The lowest BCUT2D eigenvalue weighted by molar-refractivity contribution is 0.491. The molecule has 0 aromatic carbocycles. The lowest BCUT2D eigenvalue weighted by atomic mass is 10.1. The molecule has 0 amide bonds. The van der Waals surface area contributed by atoms with Gasteiger partial charge in [0.25, 0.3) is 0 Å². The minimum absolute atomic E-state index is 0. The van der Waals surface area contributed by atoms with Gasteiger partial charge >= 0.3 is 0 Å². The zero-order valence-electron chi connectivity index (χ0n) is 11.8. The number of nitrogens with two attached hydrogens (primary N) is 1. The third-order valence-electron chi connectivity index (χ3n) is 3.15. The number of unbranched alkanes of at least 4 members (excludes halogenated alkanes) is 1. The van der Waals surface area contributed by atoms with E-state index < -0.39 is 10.0 Å². The fourth-order valence-corrected chi connectivity index (χ4v) is 3.72. The Morgan fingerprint density at radius 1 is 1.17 bits per heavy atom. The van der Waals surface area contributed by atoms with E-state index in [4.69, 9.17) is 5.73 Å². The zero-order chi connectivity index (χ0) is 13.3. The van der Waals surface area contributed by atoms with Crippen molar-refractivity contribution < 1.29 is 8.42 Å². The van der Waals surface area contributed by atoms with Gasteiger partial charge in [0, 0.05) is 12.6 Å². The van der Waals surface area contributed by atoms with E-state index in [-0.39, 0.29) is 30.1 Å². The van der Waals surface area contributed by atoms with Crippen LogP contribution in [-0.2, 0) is 10.0 Å². The summed E-state index contributed by atoms with van der Waals surface area (Å²) >= 11 is 0. The molecule has 1 unspecified atom stereocenters. The molecular formula is C12H29ClN2O2S. The Morgan fingerprint density at radius 3 is 2.11 bits per heavy atom. The van der Waals surface area contributed by atoms with Crippen LogP contribution in [0.4, 0.5) is 0 Å². The number of hydrogen-bond donors (Lipinski definition) is 2. The number of rotatable bonds is 10. The van der Waals surface area contributed by atoms with Crippen LogP contribution in [0.2, 0.25) is 0 Å². The summed E-state index contributed by atoms with van der Waals surface area (Å²) in [4.78, 5) is 0. The standard InChI is InChI=1S/C12H28N2O2S.ClH/c1-4-7-8-12(9-13)14-17(15,16)10-11(5-2)6-3;/h11-12,14H,4-10,13H2,1-3H3;1H. The van der Waals surface area contributed by atoms with E-state index in [0.29, 0.717) is 6.54 Å². The van der Waals surface area contributed by atoms with E-state index in [1.807, 2.05) is 13.8 Å². The van der Waals surface area contributed by atoms with Gasteiger partial charge in [0.15, 0.2) is 0 Å². The van der Waals surface area contributed by atoms with Crippen LogP contribution in [0.3, 0.4) is 0 Å². The molecule has 0 saturated heterocycles. The molecule has 112 valence electrons. The van der Waals surface area contributed by atoms with Crippen molar-refractivity contribution in [3.05, 3.63) is 0 Å². The molecule has 18 heavy (non-hydrogen) atoms. The molecule has 0 saturated carbocycles. The van der Waals surface area contributed by atoms with Crippen LogP contribution >= 0.6 is 12.4 Å². The van der Waals surface area contributed by atoms with Crippen LogP contribution in [0.1, 0.15) is 52.9 Å². The molecule has 0 aromatic rings. The molecule has 6 heteroatoms. The molecule has 0 heterocycles. The van der Waals surface area contributed by atoms with Crippen LogP contribution in [-0.4, -0.2) is 26.8 Å². The second kappa shape index (κ2) is 11.0. The van der Waals surface area contributed by atoms with Gasteiger partial charge in [-0.05, 0) is 12.3 Å². The van der Waals surface area contributed by atoms with Gasteiger partial charge in [-0.2, -0.15) is 0 Å². The third-order valence-corrected chi connectivity index (χ3v) is 4.75. The molecule has 0 rings (SSSR count). The van der Waals surface area contributed by atoms with E-state index in [2.05, 4.69) is 11.6 Å². The predicted octanol–water partition coefficient (Wildman–Crippen LogP) is 2.28. The highest BCUT2D eigenvalue weighted by molar-refractivity contribution is 7.89. The van der Waals surface area contributed by atoms with E-state index in [1.54, 1.807) is 0 Å². The largest absolute Gasteiger partial charge is 0.329 e. The molecule has 4 nitrogen and oxygen atoms in total. The SMILES string of the molecule is CCCCC(CN)NS(=O)(=O)CC(CC)CC.Cl. The molecular weight excluding hydrogens is 272 g/mol. The Kier molecular flexibility index (Phi) is 12.5. The van der Waals surface area contributed by atoms with Crippen LogP contribution < -0.4 is 10.5 Å². The molecule has 0 fully saturated rings. The highest BCUT2D eigenvalue weighted by Crippen LogP contribution is 2.11. The smallest absolute Gasteiger partial charge is 0.212 e. The van der Waals surface area contributed by atoms with Crippen LogP contribution in [0, 0.1) is 5.92 Å². The monoisotopic (exact) mass is 300 g/mol. The van der Waals surface area contributed by atoms with Gasteiger partial charge in [-0.1, -0.05) is 46.5 Å². The first kappa shape index (κ1) is 20.5. The van der Waals surface area contributed by atoms with Crippen LogP contribution in [0.25, 0.3) is 0 Å². The van der Waals surface area contributed by atoms with Gasteiger partial charge in [-0.25, -0.2) is 13.1 Å². The minimum Gasteiger partial charge on any atom is -0.329 e. The van der Waals surface area contributed by atoms with Gasteiger partial charge < -0.3 is 5.73 Å². The Balaban J connectivity index is 0. The van der Waals surface area contributed by atoms with Gasteiger partial charge in [0.2, 0.25) is 10.0 Å². The zero-order valence-corrected chi connectivity index (χ0v) is 13.4. The summed E-state index contributed by atoms with van der Waals surface area (Å²) < 4.78 is 26.6. The fraction of sp³-hybridized carbons (Fsp3) is 1.00. The quantitative estimate of drug-likeness (QED) is 0.650. The molecule has 0 aliphatic rings. The van der Waals surface area contributed by atoms with Crippen molar-refractivity contribution in [1.29, 1.82) is 0 Å². The number of nitrogens with one attached hydrogen (secondary N) is 1. The van der Waals surface area contributed by atoms with Crippen molar-refractivity contribution >= 4 is 22.4 Å². The predicted molar refractivity (Wildman–Crippen MR) is 80.6 cm³/mol. The lowest BCUT2D eigenvalue weighted by Crippen LogP contribution is -2.42. The summed E-state index contributed by atoms with van der Waals surface area (Å²) in [7, 11) is -3.18. The summed E-state index contributed by atoms with van der Waals surface area (Å²) in [6, 6.07) is -0.102. The summed E-state index contributed by atoms with van der Waals surface area (Å²) in [5.41, 5.74) is 5.59. The summed E-state index contributed by atoms with van der Waals surface area (Å²) in [5, 5.41) is 0. The average molecular weight is 301 g/mol. The normalized spacial score (nSPS) is 13.4. The molecule has 0 bridgehead atoms. The van der Waals surface area contributed by atoms with E-state index in [1.165, 1.54) is 0 Å². The van der Waals surface area contributed by atoms with Crippen molar-refractivity contribution in [2.45, 2.75) is 58.9 Å². The van der Waals surface area contributed by atoms with E-state index >= 15 is 0 Å². The first-order valence-electron chi connectivity index (χ1n) is 6.69. The minimum atomic E-state index is -3.18. The average Bonchev–Trinajstić information content (AvgIpc) is 2.31. The summed E-state index contributed by atoms with van der Waals surface area (Å²) in [5.74, 6) is 0.472. The maximum absolute atomic E-state index is 11.9. The highest BCUT2D eigenvalue weighted by atomic mass is 35.5. The van der Waals surface area contributed by atoms with Gasteiger partial charge in [0.05, 0.1) is 5.75 Å². The Hall–Kier alpha value is 0.160. The van der Waals surface area contributed by atoms with Crippen molar-refractivity contribution in [3.8, 4) is 0 Å². The van der Waals surface area contributed by atoms with Crippen LogP contribution in [0.15, 0.2) is 0 Å². The maximum Gasteiger partial charge on any atom is 0.212 e. The van der Waals surface area contributed by atoms with Gasteiger partial charge in [-0.3, -0.25) is 0 Å². The van der Waals surface area contributed by atoms with E-state index in [0.717, 1.165) is 32.1 Å². The molecule has 0 aliphatic carbocycles. The first-order valence-corrected chi connectivity index (χ1v) is 8.34. The Morgan fingerprint density at radius 2 is 1.72 bits per heavy atom. The lowest BCUT2D eigenvalue weighted by Gasteiger charge is -2.19. The summed E-state index contributed by atoms with van der Waals surface area (Å²) in [6.07, 6.45) is 4.70. The maximum atomic E-state index is 11.9. The second-order valence-electron chi connectivity index (χ2n) is 4.66. The topological polar surface area (TPSA) is 72.2 Å². The molecule has 0 spiro atoms. The van der Waals surface area contributed by atoms with Crippen molar-refractivity contribution in [3.63, 3.8) is 0 Å². The molecule has 1 atom stereocenters. The number of hydrogen-bond acceptors (Lipinski definition) is 3.